The van der Waals surface area contributed by atoms with Crippen LogP contribution >= 0.6 is 0 Å². The van der Waals surface area contributed by atoms with E-state index in [-0.39, 0.29) is 6.10 Å². The summed E-state index contributed by atoms with van der Waals surface area (Å²) < 4.78 is 26.6. The first-order valence-electron chi connectivity index (χ1n) is 6.80. The molecule has 0 saturated heterocycles. The molecule has 6 nitrogen and oxygen atoms in total. The largest absolute Gasteiger partial charge is 0.464 e. The van der Waals surface area contributed by atoms with Gasteiger partial charge in [-0.05, 0) is 19.1 Å². The van der Waals surface area contributed by atoms with Crippen molar-refractivity contribution in [3.05, 3.63) is 23.7 Å². The Bertz CT molecular complexity index is 342. The molecule has 0 aliphatic heterocycles. The third-order valence-electron chi connectivity index (χ3n) is 2.64. The van der Waals surface area contributed by atoms with Crippen LogP contribution in [0.2, 0.25) is 0 Å². The topological polar surface area (TPSA) is 76.1 Å². The van der Waals surface area contributed by atoms with E-state index in [0.29, 0.717) is 46.2 Å². The molecule has 0 radical (unpaired) electrons. The fourth-order valence-electron chi connectivity index (χ4n) is 1.61. The molecule has 1 atom stereocenters. The fourth-order valence-corrected chi connectivity index (χ4v) is 1.61. The molecule has 0 aliphatic rings. The molecule has 1 aromatic rings. The normalized spacial score (nSPS) is 12.8. The number of furan rings is 1. The first kappa shape index (κ1) is 17.1. The van der Waals surface area contributed by atoms with Gasteiger partial charge in [-0.1, -0.05) is 0 Å². The van der Waals surface area contributed by atoms with Crippen LogP contribution in [0.3, 0.4) is 0 Å². The second-order valence-electron chi connectivity index (χ2n) is 4.26. The van der Waals surface area contributed by atoms with E-state index >= 15 is 0 Å². The van der Waals surface area contributed by atoms with Crippen LogP contribution in [0, 0.1) is 6.92 Å². The summed E-state index contributed by atoms with van der Waals surface area (Å²) in [5.74, 6) is 1.61. The fraction of sp³-hybridized carbons (Fsp3) is 0.714. The van der Waals surface area contributed by atoms with Crippen molar-refractivity contribution in [1.82, 2.24) is 0 Å². The van der Waals surface area contributed by atoms with Gasteiger partial charge in [0.25, 0.3) is 0 Å². The molecule has 1 unspecified atom stereocenters. The molecule has 1 aromatic heterocycles. The first-order valence-corrected chi connectivity index (χ1v) is 6.80. The Balaban J connectivity index is 2.02. The summed E-state index contributed by atoms with van der Waals surface area (Å²) >= 11 is 0. The second-order valence-corrected chi connectivity index (χ2v) is 4.26. The van der Waals surface area contributed by atoms with E-state index in [1.807, 2.05) is 19.1 Å². The van der Waals surface area contributed by atoms with Crippen LogP contribution < -0.4 is 5.73 Å². The summed E-state index contributed by atoms with van der Waals surface area (Å²) in [6.45, 7) is 5.54. The van der Waals surface area contributed by atoms with Gasteiger partial charge in [0, 0.05) is 13.7 Å². The Kier molecular flexibility index (Phi) is 9.27. The average molecular weight is 287 g/mol. The van der Waals surface area contributed by atoms with Crippen LogP contribution in [-0.2, 0) is 18.9 Å². The predicted molar refractivity (Wildman–Crippen MR) is 74.7 cm³/mol. The molecule has 2 N–H and O–H groups in total. The van der Waals surface area contributed by atoms with Gasteiger partial charge in [0.1, 0.15) is 17.6 Å². The van der Waals surface area contributed by atoms with Gasteiger partial charge < -0.3 is 29.1 Å². The maximum absolute atomic E-state index is 5.67. The summed E-state index contributed by atoms with van der Waals surface area (Å²) in [5.41, 5.74) is 5.67. The quantitative estimate of drug-likeness (QED) is 0.584. The number of methoxy groups -OCH3 is 1. The molecule has 20 heavy (non-hydrogen) atoms. The van der Waals surface area contributed by atoms with E-state index in [4.69, 9.17) is 29.1 Å². The Morgan fingerprint density at radius 3 is 2.25 bits per heavy atom. The van der Waals surface area contributed by atoms with Crippen LogP contribution in [0.15, 0.2) is 16.5 Å². The zero-order valence-corrected chi connectivity index (χ0v) is 12.3. The minimum absolute atomic E-state index is 0.217. The molecule has 0 amide bonds. The van der Waals surface area contributed by atoms with Crippen molar-refractivity contribution >= 4 is 0 Å². The van der Waals surface area contributed by atoms with E-state index in [1.165, 1.54) is 0 Å². The van der Waals surface area contributed by atoms with E-state index < -0.39 is 0 Å². The van der Waals surface area contributed by atoms with Gasteiger partial charge in [-0.15, -0.1) is 0 Å². The lowest BCUT2D eigenvalue weighted by atomic mass is 10.3. The SMILES string of the molecule is COCCOCCOCCOC(CN)c1ccc(C)o1. The lowest BCUT2D eigenvalue weighted by Crippen LogP contribution is -2.18. The lowest BCUT2D eigenvalue weighted by molar-refractivity contribution is -0.0197. The zero-order chi connectivity index (χ0) is 14.6. The molecule has 1 rings (SSSR count). The summed E-state index contributed by atoms with van der Waals surface area (Å²) in [6, 6.07) is 3.78. The Morgan fingerprint density at radius 1 is 1.05 bits per heavy atom. The highest BCUT2D eigenvalue weighted by atomic mass is 16.6. The summed E-state index contributed by atoms with van der Waals surface area (Å²) in [4.78, 5) is 0. The van der Waals surface area contributed by atoms with Gasteiger partial charge in [-0.3, -0.25) is 0 Å². The summed E-state index contributed by atoms with van der Waals surface area (Å²) in [6.07, 6.45) is -0.217. The van der Waals surface area contributed by atoms with E-state index in [0.717, 1.165) is 11.5 Å². The van der Waals surface area contributed by atoms with Crippen molar-refractivity contribution in [2.45, 2.75) is 13.0 Å². The molecule has 0 saturated carbocycles. The first-order chi connectivity index (χ1) is 9.77. The van der Waals surface area contributed by atoms with Gasteiger partial charge in [0.2, 0.25) is 0 Å². The van der Waals surface area contributed by atoms with E-state index in [9.17, 15) is 0 Å². The molecular weight excluding hydrogens is 262 g/mol. The number of ether oxygens (including phenoxy) is 4. The highest BCUT2D eigenvalue weighted by Gasteiger charge is 2.13. The van der Waals surface area contributed by atoms with Crippen LogP contribution in [0.1, 0.15) is 17.6 Å². The van der Waals surface area contributed by atoms with Crippen molar-refractivity contribution in [3.63, 3.8) is 0 Å². The molecule has 0 spiro atoms. The van der Waals surface area contributed by atoms with Crippen LogP contribution in [0.25, 0.3) is 0 Å². The van der Waals surface area contributed by atoms with Crippen LogP contribution in [0.5, 0.6) is 0 Å². The molecule has 0 aliphatic carbocycles. The highest BCUT2D eigenvalue weighted by Crippen LogP contribution is 2.18. The molecular formula is C14H25NO5. The monoisotopic (exact) mass is 287 g/mol. The molecule has 1 heterocycles. The van der Waals surface area contributed by atoms with Gasteiger partial charge in [-0.2, -0.15) is 0 Å². The van der Waals surface area contributed by atoms with Gasteiger partial charge in [-0.25, -0.2) is 0 Å². The highest BCUT2D eigenvalue weighted by molar-refractivity contribution is 5.08. The lowest BCUT2D eigenvalue weighted by Gasteiger charge is -2.13. The van der Waals surface area contributed by atoms with Gasteiger partial charge in [0.15, 0.2) is 0 Å². The molecule has 6 heteroatoms. The summed E-state index contributed by atoms with van der Waals surface area (Å²) in [7, 11) is 1.64. The molecule has 116 valence electrons. The van der Waals surface area contributed by atoms with Crippen molar-refractivity contribution in [3.8, 4) is 0 Å². The standard InChI is InChI=1S/C14H25NO5/c1-12-3-4-13(20-12)14(11-15)19-10-9-18-8-7-17-6-5-16-2/h3-4,14H,5-11,15H2,1-2H3. The number of hydrogen-bond donors (Lipinski definition) is 1. The maximum atomic E-state index is 5.67. The van der Waals surface area contributed by atoms with Crippen LogP contribution in [0.4, 0.5) is 0 Å². The number of nitrogens with two attached hydrogens (primary N) is 1. The predicted octanol–water partition coefficient (Wildman–Crippen LogP) is 1.28. The Hall–Kier alpha value is -0.920. The molecule has 0 fully saturated rings. The van der Waals surface area contributed by atoms with Crippen molar-refractivity contribution < 1.29 is 23.4 Å². The Morgan fingerprint density at radius 2 is 1.70 bits per heavy atom. The second kappa shape index (κ2) is 10.8. The molecule has 0 aromatic carbocycles. The maximum Gasteiger partial charge on any atom is 0.134 e. The molecule has 0 bridgehead atoms. The minimum Gasteiger partial charge on any atom is -0.464 e. The van der Waals surface area contributed by atoms with Crippen LogP contribution in [-0.4, -0.2) is 53.3 Å². The van der Waals surface area contributed by atoms with Crippen molar-refractivity contribution in [2.24, 2.45) is 5.73 Å². The number of hydrogen-bond acceptors (Lipinski definition) is 6. The Labute approximate surface area is 120 Å². The summed E-state index contributed by atoms with van der Waals surface area (Å²) in [5, 5.41) is 0. The minimum atomic E-state index is -0.217. The average Bonchev–Trinajstić information content (AvgIpc) is 2.87. The van der Waals surface area contributed by atoms with E-state index in [2.05, 4.69) is 0 Å². The third kappa shape index (κ3) is 7.02. The van der Waals surface area contributed by atoms with E-state index in [1.54, 1.807) is 7.11 Å². The third-order valence-corrected chi connectivity index (χ3v) is 2.64. The smallest absolute Gasteiger partial charge is 0.134 e. The number of rotatable bonds is 12. The van der Waals surface area contributed by atoms with Crippen molar-refractivity contribution in [1.29, 1.82) is 0 Å². The van der Waals surface area contributed by atoms with Crippen molar-refractivity contribution in [2.75, 3.05) is 53.3 Å². The zero-order valence-electron chi connectivity index (χ0n) is 12.3. The number of aryl methyl sites for hydroxylation is 1. The van der Waals surface area contributed by atoms with Gasteiger partial charge >= 0.3 is 0 Å². The van der Waals surface area contributed by atoms with Gasteiger partial charge in [0.05, 0.1) is 39.6 Å².